The molecule has 2 aliphatic rings. The maximum absolute atomic E-state index is 13.4. The molecule has 0 bridgehead atoms. The first-order valence-electron chi connectivity index (χ1n) is 10.1. The monoisotopic (exact) mass is 482 g/mol. The molecule has 1 aromatic carbocycles. The number of amides is 2. The third-order valence-corrected chi connectivity index (χ3v) is 5.84. The van der Waals surface area contributed by atoms with Crippen LogP contribution in [0.5, 0.6) is 5.75 Å². The molecule has 2 aliphatic carbocycles. The van der Waals surface area contributed by atoms with E-state index in [2.05, 4.69) is 15.4 Å². The Balaban J connectivity index is 1.37. The summed E-state index contributed by atoms with van der Waals surface area (Å²) in [6, 6.07) is 2.79. The Morgan fingerprint density at radius 1 is 1.16 bits per heavy atom. The Bertz CT molecular complexity index is 835. The van der Waals surface area contributed by atoms with Gasteiger partial charge in [-0.25, -0.2) is 4.39 Å². The zero-order valence-electron chi connectivity index (χ0n) is 16.8. The topological polar surface area (TPSA) is 96.9 Å². The standard InChI is InChI=1S/C20H23ClF4N2O5/c21-14-3-2-12(8-15(14)22)31-9-18(29)27-16-4-1-10(5-17(16)28)19(30)26-11-6-13(7-11)32-20(23,24)25/h2-3,8,10-11,13,16-17,28H,1,4-7,9H2,(H,26,30)(H,27,29)/t10-,11?,13?,16-,17-/m0/s1. The van der Waals surface area contributed by atoms with Crippen LogP contribution in [0.1, 0.15) is 32.1 Å². The van der Waals surface area contributed by atoms with Gasteiger partial charge >= 0.3 is 6.36 Å². The summed E-state index contributed by atoms with van der Waals surface area (Å²) in [6.45, 7) is -0.392. The van der Waals surface area contributed by atoms with Gasteiger partial charge in [0.2, 0.25) is 5.91 Å². The molecule has 0 saturated heterocycles. The molecule has 3 atom stereocenters. The highest BCUT2D eigenvalue weighted by Crippen LogP contribution is 2.31. The Kier molecular flexibility index (Phi) is 7.84. The van der Waals surface area contributed by atoms with E-state index >= 15 is 0 Å². The summed E-state index contributed by atoms with van der Waals surface area (Å²) >= 11 is 5.58. The summed E-state index contributed by atoms with van der Waals surface area (Å²) in [4.78, 5) is 24.4. The number of hydrogen-bond acceptors (Lipinski definition) is 5. The maximum atomic E-state index is 13.4. The molecule has 3 rings (SSSR count). The molecule has 32 heavy (non-hydrogen) atoms. The van der Waals surface area contributed by atoms with E-state index < -0.39 is 48.9 Å². The zero-order chi connectivity index (χ0) is 23.5. The third kappa shape index (κ3) is 6.94. The summed E-state index contributed by atoms with van der Waals surface area (Å²) in [7, 11) is 0. The first kappa shape index (κ1) is 24.5. The number of aliphatic hydroxyl groups excluding tert-OH is 1. The van der Waals surface area contributed by atoms with Crippen molar-refractivity contribution in [1.29, 1.82) is 0 Å². The maximum Gasteiger partial charge on any atom is 0.522 e. The van der Waals surface area contributed by atoms with Crippen molar-refractivity contribution in [2.45, 2.75) is 62.8 Å². The van der Waals surface area contributed by atoms with E-state index in [-0.39, 0.29) is 42.0 Å². The van der Waals surface area contributed by atoms with Crippen molar-refractivity contribution in [2.75, 3.05) is 6.61 Å². The molecule has 0 heterocycles. The normalized spacial score (nSPS) is 27.9. The SMILES string of the molecule is O=C(COc1ccc(Cl)c(F)c1)N[C@H]1CC[C@H](C(=O)NC2CC(OC(F)(F)F)C2)C[C@@H]1O. The van der Waals surface area contributed by atoms with Gasteiger partial charge in [0.15, 0.2) is 6.61 Å². The fraction of sp³-hybridized carbons (Fsp3) is 0.600. The van der Waals surface area contributed by atoms with E-state index in [9.17, 15) is 32.3 Å². The van der Waals surface area contributed by atoms with Crippen LogP contribution < -0.4 is 15.4 Å². The van der Waals surface area contributed by atoms with E-state index in [0.717, 1.165) is 6.07 Å². The molecule has 2 amide bonds. The van der Waals surface area contributed by atoms with Crippen LogP contribution >= 0.6 is 11.6 Å². The number of carbonyl (C=O) groups is 2. The lowest BCUT2D eigenvalue weighted by atomic mass is 9.82. The Labute approximate surface area is 186 Å². The average Bonchev–Trinajstić information content (AvgIpc) is 2.67. The molecule has 0 unspecified atom stereocenters. The van der Waals surface area contributed by atoms with Crippen molar-refractivity contribution in [1.82, 2.24) is 10.6 Å². The fourth-order valence-electron chi connectivity index (χ4n) is 3.80. The number of nitrogens with one attached hydrogen (secondary N) is 2. The average molecular weight is 483 g/mol. The van der Waals surface area contributed by atoms with Gasteiger partial charge in [0, 0.05) is 18.0 Å². The number of alkyl halides is 3. The second-order valence-electron chi connectivity index (χ2n) is 7.98. The number of benzene rings is 1. The highest BCUT2D eigenvalue weighted by molar-refractivity contribution is 6.30. The third-order valence-electron chi connectivity index (χ3n) is 5.54. The van der Waals surface area contributed by atoms with Crippen molar-refractivity contribution in [3.05, 3.63) is 29.0 Å². The summed E-state index contributed by atoms with van der Waals surface area (Å²) in [5.41, 5.74) is 0. The van der Waals surface area contributed by atoms with Gasteiger partial charge in [-0.05, 0) is 44.2 Å². The zero-order valence-corrected chi connectivity index (χ0v) is 17.6. The largest absolute Gasteiger partial charge is 0.522 e. The highest BCUT2D eigenvalue weighted by Gasteiger charge is 2.41. The highest BCUT2D eigenvalue weighted by atomic mass is 35.5. The molecule has 0 radical (unpaired) electrons. The number of aliphatic hydroxyl groups is 1. The first-order valence-corrected chi connectivity index (χ1v) is 10.5. The summed E-state index contributed by atoms with van der Waals surface area (Å²) in [5.74, 6) is -1.91. The minimum atomic E-state index is -4.69. The van der Waals surface area contributed by atoms with E-state index in [0.29, 0.717) is 12.8 Å². The van der Waals surface area contributed by atoms with Crippen molar-refractivity contribution >= 4 is 23.4 Å². The number of rotatable bonds is 7. The summed E-state index contributed by atoms with van der Waals surface area (Å²) < 4.78 is 58.9. The minimum absolute atomic E-state index is 0.0718. The molecule has 7 nitrogen and oxygen atoms in total. The Morgan fingerprint density at radius 2 is 1.88 bits per heavy atom. The van der Waals surface area contributed by atoms with Gasteiger partial charge in [-0.2, -0.15) is 0 Å². The molecule has 2 saturated carbocycles. The summed E-state index contributed by atoms with van der Waals surface area (Å²) in [6.07, 6.45) is -5.62. The van der Waals surface area contributed by atoms with Crippen LogP contribution in [0.2, 0.25) is 5.02 Å². The lowest BCUT2D eigenvalue weighted by Crippen LogP contribution is -2.53. The van der Waals surface area contributed by atoms with Crippen molar-refractivity contribution in [2.24, 2.45) is 5.92 Å². The lowest BCUT2D eigenvalue weighted by molar-refractivity contribution is -0.351. The molecule has 178 valence electrons. The van der Waals surface area contributed by atoms with Crippen molar-refractivity contribution in [3.8, 4) is 5.75 Å². The smallest absolute Gasteiger partial charge is 0.484 e. The lowest BCUT2D eigenvalue weighted by Gasteiger charge is -2.38. The van der Waals surface area contributed by atoms with Crippen LogP contribution in [0, 0.1) is 11.7 Å². The van der Waals surface area contributed by atoms with Crippen molar-refractivity contribution < 1.29 is 41.7 Å². The molecular weight excluding hydrogens is 460 g/mol. The predicted octanol–water partition coefficient (Wildman–Crippen LogP) is 2.69. The second kappa shape index (κ2) is 10.2. The van der Waals surface area contributed by atoms with E-state index in [4.69, 9.17) is 16.3 Å². The van der Waals surface area contributed by atoms with E-state index in [1.807, 2.05) is 0 Å². The van der Waals surface area contributed by atoms with Crippen LogP contribution in [0.3, 0.4) is 0 Å². The number of ether oxygens (including phenoxy) is 2. The van der Waals surface area contributed by atoms with E-state index in [1.165, 1.54) is 12.1 Å². The first-order chi connectivity index (χ1) is 15.0. The van der Waals surface area contributed by atoms with Crippen LogP contribution in [0.25, 0.3) is 0 Å². The molecule has 0 aliphatic heterocycles. The molecule has 0 spiro atoms. The van der Waals surface area contributed by atoms with Gasteiger partial charge in [-0.15, -0.1) is 13.2 Å². The van der Waals surface area contributed by atoms with Crippen LogP contribution in [-0.4, -0.2) is 54.2 Å². The number of hydrogen-bond donors (Lipinski definition) is 3. The number of halogens is 5. The van der Waals surface area contributed by atoms with Gasteiger partial charge in [0.1, 0.15) is 11.6 Å². The molecule has 0 aromatic heterocycles. The Morgan fingerprint density at radius 3 is 2.50 bits per heavy atom. The molecule has 2 fully saturated rings. The van der Waals surface area contributed by atoms with Gasteiger partial charge in [0.25, 0.3) is 5.91 Å². The molecule has 3 N–H and O–H groups in total. The van der Waals surface area contributed by atoms with Gasteiger partial charge in [-0.3, -0.25) is 14.3 Å². The number of carbonyl (C=O) groups excluding carboxylic acids is 2. The molecule has 12 heteroatoms. The van der Waals surface area contributed by atoms with E-state index in [1.54, 1.807) is 0 Å². The van der Waals surface area contributed by atoms with Gasteiger partial charge < -0.3 is 20.5 Å². The van der Waals surface area contributed by atoms with Crippen LogP contribution in [-0.2, 0) is 14.3 Å². The van der Waals surface area contributed by atoms with Gasteiger partial charge in [-0.1, -0.05) is 11.6 Å². The van der Waals surface area contributed by atoms with Crippen LogP contribution in [0.4, 0.5) is 17.6 Å². The molecular formula is C20H23ClF4N2O5. The van der Waals surface area contributed by atoms with Crippen molar-refractivity contribution in [3.63, 3.8) is 0 Å². The second-order valence-corrected chi connectivity index (χ2v) is 8.39. The predicted molar refractivity (Wildman–Crippen MR) is 104 cm³/mol. The Hall–Kier alpha value is -2.11. The summed E-state index contributed by atoms with van der Waals surface area (Å²) in [5, 5.41) is 15.6. The molecule has 1 aromatic rings. The van der Waals surface area contributed by atoms with Crippen LogP contribution in [0.15, 0.2) is 18.2 Å². The fourth-order valence-corrected chi connectivity index (χ4v) is 3.92. The minimum Gasteiger partial charge on any atom is -0.484 e. The quantitative estimate of drug-likeness (QED) is 0.519. The van der Waals surface area contributed by atoms with Gasteiger partial charge in [0.05, 0.1) is 23.3 Å².